The molecule has 19 heavy (non-hydrogen) atoms. The lowest BCUT2D eigenvalue weighted by atomic mass is 10.1. The van der Waals surface area contributed by atoms with Crippen molar-refractivity contribution in [3.8, 4) is 11.8 Å². The van der Waals surface area contributed by atoms with Gasteiger partial charge in [-0.1, -0.05) is 0 Å². The lowest BCUT2D eigenvalue weighted by Crippen LogP contribution is -2.35. The van der Waals surface area contributed by atoms with E-state index in [0.717, 1.165) is 12.6 Å². The van der Waals surface area contributed by atoms with Gasteiger partial charge in [0.15, 0.2) is 5.75 Å². The third-order valence-corrected chi connectivity index (χ3v) is 2.63. The fraction of sp³-hybridized carbons (Fsp3) is 0.455. The molecule has 0 saturated carbocycles. The van der Waals surface area contributed by atoms with Crippen molar-refractivity contribution in [3.05, 3.63) is 34.4 Å². The Morgan fingerprint density at radius 1 is 1.53 bits per heavy atom. The summed E-state index contributed by atoms with van der Waals surface area (Å²) in [4.78, 5) is 17.9. The molecule has 1 saturated heterocycles. The third-order valence-electron chi connectivity index (χ3n) is 2.63. The molecule has 1 aromatic rings. The van der Waals surface area contributed by atoms with Crippen molar-refractivity contribution in [1.29, 1.82) is 0 Å². The quantitative estimate of drug-likeness (QED) is 0.633. The molecule has 2 heterocycles. The summed E-state index contributed by atoms with van der Waals surface area (Å²) >= 11 is 0. The van der Waals surface area contributed by atoms with E-state index < -0.39 is 4.92 Å². The van der Waals surface area contributed by atoms with E-state index in [9.17, 15) is 10.1 Å². The number of rotatable bonds is 4. The van der Waals surface area contributed by atoms with Crippen LogP contribution in [0.2, 0.25) is 0 Å². The van der Waals surface area contributed by atoms with E-state index in [4.69, 9.17) is 9.47 Å². The van der Waals surface area contributed by atoms with Gasteiger partial charge in [0, 0.05) is 6.54 Å². The molecule has 1 fully saturated rings. The van der Waals surface area contributed by atoms with E-state index in [1.165, 1.54) is 19.5 Å². The van der Waals surface area contributed by atoms with Crippen molar-refractivity contribution in [2.45, 2.75) is 18.9 Å². The first-order valence-electron chi connectivity index (χ1n) is 5.81. The summed E-state index contributed by atoms with van der Waals surface area (Å²) in [6.07, 6.45) is 5.11. The highest BCUT2D eigenvalue weighted by Crippen LogP contribution is 2.20. The molecule has 8 nitrogen and oxygen atoms in total. The summed E-state index contributed by atoms with van der Waals surface area (Å²) in [5.74, 6) is 0.448. The Labute approximate surface area is 109 Å². The van der Waals surface area contributed by atoms with Crippen LogP contribution < -0.4 is 14.8 Å². The highest BCUT2D eigenvalue weighted by atomic mass is 16.6. The predicted octanol–water partition coefficient (Wildman–Crippen LogP) is 0.734. The highest BCUT2D eigenvalue weighted by molar-refractivity contribution is 5.17. The minimum atomic E-state index is -0.492. The molecular formula is C11H14N4O4. The lowest BCUT2D eigenvalue weighted by molar-refractivity contribution is -0.404. The Balaban J connectivity index is 2.08. The number of hydrogen-bond donors (Lipinski definition) is 1. The zero-order valence-electron chi connectivity index (χ0n) is 10.4. The molecule has 102 valence electrons. The van der Waals surface area contributed by atoms with Crippen LogP contribution >= 0.6 is 0 Å². The van der Waals surface area contributed by atoms with Gasteiger partial charge in [0.2, 0.25) is 0 Å². The average Bonchev–Trinajstić information content (AvgIpc) is 2.41. The van der Waals surface area contributed by atoms with Gasteiger partial charge in [0.1, 0.15) is 11.8 Å². The Bertz CT molecular complexity index is 474. The van der Waals surface area contributed by atoms with Crippen molar-refractivity contribution in [2.75, 3.05) is 13.7 Å². The van der Waals surface area contributed by atoms with Gasteiger partial charge in [-0.05, 0) is 12.8 Å². The van der Waals surface area contributed by atoms with E-state index in [-0.39, 0.29) is 12.1 Å². The summed E-state index contributed by atoms with van der Waals surface area (Å²) in [6.45, 7) is 0.707. The summed E-state index contributed by atoms with van der Waals surface area (Å²) in [5, 5.41) is 13.5. The Morgan fingerprint density at radius 2 is 2.26 bits per heavy atom. The molecule has 1 atom stereocenters. The molecule has 0 spiro atoms. The first-order chi connectivity index (χ1) is 9.19. The number of nitro groups is 1. The summed E-state index contributed by atoms with van der Waals surface area (Å²) in [6, 6.07) is 0.246. The van der Waals surface area contributed by atoms with Crippen LogP contribution in [0.5, 0.6) is 11.8 Å². The number of piperidine rings is 1. The van der Waals surface area contributed by atoms with Gasteiger partial charge in [-0.2, -0.15) is 9.97 Å². The largest absolute Gasteiger partial charge is 0.481 e. The Kier molecular flexibility index (Phi) is 4.11. The minimum Gasteiger partial charge on any atom is -0.481 e. The van der Waals surface area contributed by atoms with Crippen LogP contribution in [-0.4, -0.2) is 34.6 Å². The van der Waals surface area contributed by atoms with E-state index in [1.54, 1.807) is 0 Å². The normalized spacial score (nSPS) is 20.7. The molecule has 0 aliphatic carbocycles. The maximum Gasteiger partial charge on any atom is 0.316 e. The maximum atomic E-state index is 10.5. The van der Waals surface area contributed by atoms with Crippen molar-refractivity contribution in [1.82, 2.24) is 15.3 Å². The van der Waals surface area contributed by atoms with Gasteiger partial charge in [0.05, 0.1) is 24.4 Å². The number of aromatic nitrogens is 2. The molecule has 0 radical (unpaired) electrons. The van der Waals surface area contributed by atoms with Gasteiger partial charge in [-0.25, -0.2) is 0 Å². The van der Waals surface area contributed by atoms with Crippen molar-refractivity contribution >= 4 is 0 Å². The molecule has 1 N–H and O–H groups in total. The Morgan fingerprint density at radius 3 is 2.89 bits per heavy atom. The molecule has 0 aromatic carbocycles. The first-order valence-corrected chi connectivity index (χ1v) is 5.81. The molecule has 0 amide bonds. The molecule has 8 heteroatoms. The fourth-order valence-electron chi connectivity index (χ4n) is 1.79. The van der Waals surface area contributed by atoms with Gasteiger partial charge in [0.25, 0.3) is 6.20 Å². The zero-order chi connectivity index (χ0) is 13.7. The molecule has 1 aliphatic heterocycles. The monoisotopic (exact) mass is 266 g/mol. The van der Waals surface area contributed by atoms with Crippen molar-refractivity contribution in [3.63, 3.8) is 0 Å². The number of methoxy groups -OCH3 is 1. The minimum absolute atomic E-state index is 0.246. The van der Waals surface area contributed by atoms with Crippen LogP contribution in [0.25, 0.3) is 0 Å². The second kappa shape index (κ2) is 5.98. The average molecular weight is 266 g/mol. The number of nitrogens with zero attached hydrogens (tertiary/aromatic N) is 3. The van der Waals surface area contributed by atoms with Crippen LogP contribution in [0, 0.1) is 10.1 Å². The maximum absolute atomic E-state index is 10.5. The van der Waals surface area contributed by atoms with E-state index >= 15 is 0 Å². The first kappa shape index (κ1) is 13.1. The second-order valence-corrected chi connectivity index (χ2v) is 3.95. The number of hydrogen-bond acceptors (Lipinski definition) is 7. The van der Waals surface area contributed by atoms with Crippen LogP contribution in [-0.2, 0) is 0 Å². The van der Waals surface area contributed by atoms with Gasteiger partial charge < -0.3 is 14.8 Å². The van der Waals surface area contributed by atoms with Crippen LogP contribution in [0.3, 0.4) is 0 Å². The van der Waals surface area contributed by atoms with Gasteiger partial charge in [-0.15, -0.1) is 0 Å². The topological polar surface area (TPSA) is 99.4 Å². The van der Waals surface area contributed by atoms with Crippen LogP contribution in [0.1, 0.15) is 12.8 Å². The summed E-state index contributed by atoms with van der Waals surface area (Å²) in [5.41, 5.74) is 0.465. The van der Waals surface area contributed by atoms with Crippen LogP contribution in [0.15, 0.2) is 24.3 Å². The van der Waals surface area contributed by atoms with Crippen molar-refractivity contribution in [2.24, 2.45) is 0 Å². The van der Waals surface area contributed by atoms with E-state index in [0.29, 0.717) is 24.4 Å². The third kappa shape index (κ3) is 3.54. The van der Waals surface area contributed by atoms with Gasteiger partial charge in [-0.3, -0.25) is 10.1 Å². The molecular weight excluding hydrogens is 252 g/mol. The number of ether oxygens (including phenoxy) is 2. The van der Waals surface area contributed by atoms with E-state index in [1.807, 2.05) is 0 Å². The summed E-state index contributed by atoms with van der Waals surface area (Å²) in [7, 11) is 1.47. The molecule has 1 aromatic heterocycles. The zero-order valence-corrected chi connectivity index (χ0v) is 10.4. The van der Waals surface area contributed by atoms with Gasteiger partial charge >= 0.3 is 6.01 Å². The molecule has 2 rings (SSSR count). The standard InChI is InChI=1S/C11H14N4O4/c1-18-11-13-5-8(6-14-11)19-10-3-2-4-12-9(10)7-15(16)17/h5-7,10,12H,2-4H2,1H3/b9-7-. The predicted molar refractivity (Wildman–Crippen MR) is 65.3 cm³/mol. The molecule has 1 aliphatic rings. The number of nitrogens with one attached hydrogen (secondary N) is 1. The van der Waals surface area contributed by atoms with E-state index in [2.05, 4.69) is 15.3 Å². The van der Waals surface area contributed by atoms with Crippen LogP contribution in [0.4, 0.5) is 0 Å². The Hall–Kier alpha value is -2.38. The lowest BCUT2D eigenvalue weighted by Gasteiger charge is -2.25. The molecule has 0 bridgehead atoms. The molecule has 1 unspecified atom stereocenters. The summed E-state index contributed by atoms with van der Waals surface area (Å²) < 4.78 is 10.5. The SMILES string of the molecule is COc1ncc(OC2CCCN/C2=C\[N+](=O)[O-])cn1. The second-order valence-electron chi connectivity index (χ2n) is 3.95. The van der Waals surface area contributed by atoms with Crippen molar-refractivity contribution < 1.29 is 14.4 Å². The highest BCUT2D eigenvalue weighted by Gasteiger charge is 2.23. The fourth-order valence-corrected chi connectivity index (χ4v) is 1.79. The smallest absolute Gasteiger partial charge is 0.316 e.